The van der Waals surface area contributed by atoms with Gasteiger partial charge in [0.1, 0.15) is 12.4 Å². The largest absolute Gasteiger partial charge is 0.388 e. The van der Waals surface area contributed by atoms with E-state index in [0.717, 1.165) is 16.9 Å². The lowest BCUT2D eigenvalue weighted by Crippen LogP contribution is -2.08. The normalized spacial score (nSPS) is 11.7. The summed E-state index contributed by atoms with van der Waals surface area (Å²) in [6.45, 7) is 7.97. The van der Waals surface area contributed by atoms with E-state index in [9.17, 15) is 4.79 Å². The number of rotatable bonds is 4. The number of nitrogens with zero attached hydrogens (tertiary/aromatic N) is 2. The van der Waals surface area contributed by atoms with Crippen molar-refractivity contribution in [2.45, 2.75) is 39.7 Å². The van der Waals surface area contributed by atoms with Gasteiger partial charge in [0.05, 0.1) is 11.0 Å². The number of Topliss-reactive ketones (excluding diaryl/α,β-unsaturated/α-hetero) is 1. The topological polar surface area (TPSA) is 55.1 Å². The highest BCUT2D eigenvalue weighted by Crippen LogP contribution is 2.26. The summed E-state index contributed by atoms with van der Waals surface area (Å²) in [4.78, 5) is 16.2. The van der Waals surface area contributed by atoms with Gasteiger partial charge in [0, 0.05) is 17.5 Å². The summed E-state index contributed by atoms with van der Waals surface area (Å²) in [5, 5.41) is 8.96. The molecule has 19 heavy (non-hydrogen) atoms. The van der Waals surface area contributed by atoms with Crippen LogP contribution in [0.25, 0.3) is 11.0 Å². The molecule has 0 saturated carbocycles. The van der Waals surface area contributed by atoms with Crippen LogP contribution < -0.4 is 0 Å². The molecule has 102 valence electrons. The van der Waals surface area contributed by atoms with Gasteiger partial charge in [0.15, 0.2) is 5.78 Å². The van der Waals surface area contributed by atoms with Crippen LogP contribution in [-0.2, 0) is 0 Å². The van der Waals surface area contributed by atoms with Gasteiger partial charge in [-0.2, -0.15) is 0 Å². The molecule has 0 amide bonds. The Morgan fingerprint density at radius 1 is 1.32 bits per heavy atom. The summed E-state index contributed by atoms with van der Waals surface area (Å²) >= 11 is 0. The van der Waals surface area contributed by atoms with Crippen LogP contribution >= 0.6 is 0 Å². The number of aliphatic hydroxyl groups excluding tert-OH is 1. The van der Waals surface area contributed by atoms with Crippen LogP contribution in [0.2, 0.25) is 0 Å². The van der Waals surface area contributed by atoms with Gasteiger partial charge >= 0.3 is 0 Å². The minimum absolute atomic E-state index is 0.260. The van der Waals surface area contributed by atoms with Crippen LogP contribution in [0.5, 0.6) is 0 Å². The molecule has 0 fully saturated rings. The molecule has 0 aliphatic heterocycles. The Morgan fingerprint density at radius 2 is 2.00 bits per heavy atom. The molecule has 1 aromatic heterocycles. The molecule has 2 rings (SSSR count). The van der Waals surface area contributed by atoms with E-state index in [-0.39, 0.29) is 11.8 Å². The van der Waals surface area contributed by atoms with E-state index in [2.05, 4.69) is 37.2 Å². The van der Waals surface area contributed by atoms with Gasteiger partial charge in [-0.3, -0.25) is 4.79 Å². The lowest BCUT2D eigenvalue weighted by molar-refractivity contribution is 0.0904. The number of hydrogen-bond donors (Lipinski definition) is 1. The maximum atomic E-state index is 11.6. The Morgan fingerprint density at radius 3 is 2.53 bits per heavy atom. The minimum atomic E-state index is -0.460. The smallest absolute Gasteiger partial charge is 0.188 e. The highest BCUT2D eigenvalue weighted by Gasteiger charge is 2.17. The maximum Gasteiger partial charge on any atom is 0.188 e. The molecule has 4 nitrogen and oxygen atoms in total. The van der Waals surface area contributed by atoms with E-state index < -0.39 is 6.61 Å². The number of aromatic nitrogens is 2. The van der Waals surface area contributed by atoms with Gasteiger partial charge in [0.2, 0.25) is 0 Å². The quantitative estimate of drug-likeness (QED) is 0.860. The Bertz CT molecular complexity index is 612. The molecule has 2 aromatic rings. The fraction of sp³-hybridized carbons (Fsp3) is 0.467. The molecule has 0 atom stereocenters. The summed E-state index contributed by atoms with van der Waals surface area (Å²) in [5.74, 6) is 1.09. The molecular weight excluding hydrogens is 240 g/mol. The number of fused-ring (bicyclic) bond motifs is 1. The predicted octanol–water partition coefficient (Wildman–Crippen LogP) is 2.92. The summed E-state index contributed by atoms with van der Waals surface area (Å²) in [6.07, 6.45) is 0. The van der Waals surface area contributed by atoms with E-state index in [0.29, 0.717) is 11.5 Å². The second-order valence-corrected chi connectivity index (χ2v) is 5.37. The fourth-order valence-corrected chi connectivity index (χ4v) is 2.33. The van der Waals surface area contributed by atoms with E-state index in [1.54, 1.807) is 6.07 Å². The van der Waals surface area contributed by atoms with Gasteiger partial charge in [-0.1, -0.05) is 13.8 Å². The first-order valence-electron chi connectivity index (χ1n) is 6.61. The summed E-state index contributed by atoms with van der Waals surface area (Å²) in [7, 11) is 0. The molecule has 4 heteroatoms. The van der Waals surface area contributed by atoms with Crippen molar-refractivity contribution in [3.8, 4) is 0 Å². The zero-order valence-corrected chi connectivity index (χ0v) is 11.8. The molecule has 1 heterocycles. The molecule has 0 aliphatic rings. The number of ketones is 1. The lowest BCUT2D eigenvalue weighted by Gasteiger charge is -2.15. The fourth-order valence-electron chi connectivity index (χ4n) is 2.33. The van der Waals surface area contributed by atoms with Crippen LogP contribution in [-0.4, -0.2) is 27.0 Å². The van der Waals surface area contributed by atoms with Gasteiger partial charge in [-0.25, -0.2) is 4.98 Å². The first-order valence-corrected chi connectivity index (χ1v) is 6.61. The monoisotopic (exact) mass is 260 g/mol. The Hall–Kier alpha value is -1.68. The molecule has 0 spiro atoms. The molecule has 0 radical (unpaired) electrons. The summed E-state index contributed by atoms with van der Waals surface area (Å²) < 4.78 is 2.16. The molecule has 1 aromatic carbocycles. The predicted molar refractivity (Wildman–Crippen MR) is 75.6 cm³/mol. The van der Waals surface area contributed by atoms with Gasteiger partial charge in [-0.15, -0.1) is 0 Å². The number of aliphatic hydroxyl groups is 1. The zero-order valence-electron chi connectivity index (χ0n) is 11.8. The summed E-state index contributed by atoms with van der Waals surface area (Å²) in [5.41, 5.74) is 2.39. The molecular formula is C15H20N2O2. The number of carbonyl (C=O) groups excluding carboxylic acids is 1. The van der Waals surface area contributed by atoms with Gasteiger partial charge in [0.25, 0.3) is 0 Å². The van der Waals surface area contributed by atoms with E-state index in [4.69, 9.17) is 5.11 Å². The first kappa shape index (κ1) is 13.7. The molecule has 1 N–H and O–H groups in total. The second-order valence-electron chi connectivity index (χ2n) is 5.37. The van der Waals surface area contributed by atoms with Crippen molar-refractivity contribution in [3.05, 3.63) is 29.6 Å². The van der Waals surface area contributed by atoms with E-state index >= 15 is 0 Å². The number of hydrogen-bond acceptors (Lipinski definition) is 3. The van der Waals surface area contributed by atoms with Crippen LogP contribution in [0.1, 0.15) is 55.8 Å². The Balaban J connectivity index is 2.69. The van der Waals surface area contributed by atoms with Gasteiger partial charge in [-0.05, 0) is 32.0 Å². The van der Waals surface area contributed by atoms with Crippen LogP contribution in [0.4, 0.5) is 0 Å². The number of imidazole rings is 1. The van der Waals surface area contributed by atoms with Crippen LogP contribution in [0.3, 0.4) is 0 Å². The highest BCUT2D eigenvalue weighted by molar-refractivity contribution is 5.99. The summed E-state index contributed by atoms with van der Waals surface area (Å²) in [6, 6.07) is 5.68. The number of carbonyl (C=O) groups is 1. The highest BCUT2D eigenvalue weighted by atomic mass is 16.3. The third kappa shape index (κ3) is 2.40. The third-order valence-electron chi connectivity index (χ3n) is 3.22. The average molecular weight is 260 g/mol. The van der Waals surface area contributed by atoms with E-state index in [1.165, 1.54) is 0 Å². The molecule has 0 unspecified atom stereocenters. The second kappa shape index (κ2) is 5.13. The maximum absolute atomic E-state index is 11.6. The van der Waals surface area contributed by atoms with Crippen molar-refractivity contribution >= 4 is 16.8 Å². The van der Waals surface area contributed by atoms with E-state index in [1.807, 2.05) is 12.1 Å². The van der Waals surface area contributed by atoms with Crippen molar-refractivity contribution in [2.24, 2.45) is 0 Å². The van der Waals surface area contributed by atoms with Crippen molar-refractivity contribution < 1.29 is 9.90 Å². The van der Waals surface area contributed by atoms with Crippen LogP contribution in [0.15, 0.2) is 18.2 Å². The Labute approximate surface area is 113 Å². The third-order valence-corrected chi connectivity index (χ3v) is 3.22. The molecule has 0 saturated heterocycles. The molecule has 0 bridgehead atoms. The van der Waals surface area contributed by atoms with Crippen molar-refractivity contribution in [2.75, 3.05) is 6.61 Å². The standard InChI is InChI=1S/C15H20N2O2/c1-9(2)15-16-12-6-5-11(14(19)8-18)7-13(12)17(15)10(3)4/h5-7,9-10,18H,8H2,1-4H3. The zero-order chi connectivity index (χ0) is 14.2. The minimum Gasteiger partial charge on any atom is -0.388 e. The SMILES string of the molecule is CC(C)c1nc2ccc(C(=O)CO)cc2n1C(C)C. The number of benzene rings is 1. The van der Waals surface area contributed by atoms with Crippen molar-refractivity contribution in [3.63, 3.8) is 0 Å². The average Bonchev–Trinajstić information content (AvgIpc) is 2.76. The van der Waals surface area contributed by atoms with Crippen molar-refractivity contribution in [1.29, 1.82) is 0 Å². The van der Waals surface area contributed by atoms with Crippen molar-refractivity contribution in [1.82, 2.24) is 9.55 Å². The Kier molecular flexibility index (Phi) is 3.71. The first-order chi connectivity index (χ1) is 8.95. The van der Waals surface area contributed by atoms with Gasteiger partial charge < -0.3 is 9.67 Å². The van der Waals surface area contributed by atoms with Crippen LogP contribution in [0, 0.1) is 0 Å². The molecule has 0 aliphatic carbocycles. The lowest BCUT2D eigenvalue weighted by atomic mass is 10.1.